The second kappa shape index (κ2) is 7.44. The Kier molecular flexibility index (Phi) is 4.80. The largest absolute Gasteiger partial charge is 0.310 e. The van der Waals surface area contributed by atoms with Gasteiger partial charge in [0.1, 0.15) is 12.0 Å². The third kappa shape index (κ3) is 3.91. The van der Waals surface area contributed by atoms with Crippen LogP contribution in [0.1, 0.15) is 42.4 Å². The summed E-state index contributed by atoms with van der Waals surface area (Å²) in [7, 11) is 0. The second-order valence-electron chi connectivity index (χ2n) is 7.99. The van der Waals surface area contributed by atoms with Crippen LogP contribution in [-0.2, 0) is 12.0 Å². The lowest BCUT2D eigenvalue weighted by molar-refractivity contribution is 0.102. The summed E-state index contributed by atoms with van der Waals surface area (Å²) >= 11 is 0. The Labute approximate surface area is 174 Å². The monoisotopic (exact) mass is 399 g/mol. The lowest BCUT2D eigenvalue weighted by Crippen LogP contribution is -2.14. The van der Waals surface area contributed by atoms with Crippen molar-refractivity contribution in [3.63, 3.8) is 0 Å². The Bertz CT molecular complexity index is 1250. The lowest BCUT2D eigenvalue weighted by atomic mass is 9.87. The Morgan fingerprint density at radius 2 is 1.90 bits per heavy atom. The van der Waals surface area contributed by atoms with Crippen molar-refractivity contribution in [2.45, 2.75) is 32.7 Å². The van der Waals surface area contributed by atoms with Crippen molar-refractivity contribution in [1.82, 2.24) is 24.1 Å². The van der Waals surface area contributed by atoms with Crippen LogP contribution in [0.2, 0.25) is 0 Å². The molecule has 4 aromatic rings. The van der Waals surface area contributed by atoms with Crippen molar-refractivity contribution < 1.29 is 4.79 Å². The van der Waals surface area contributed by atoms with Crippen LogP contribution in [0.5, 0.6) is 0 Å². The number of hydrogen-bond donors (Lipinski definition) is 1. The maximum atomic E-state index is 12.6. The first kappa shape index (κ1) is 19.3. The van der Waals surface area contributed by atoms with Crippen molar-refractivity contribution in [2.24, 2.45) is 0 Å². The molecule has 0 spiro atoms. The Morgan fingerprint density at radius 1 is 1.13 bits per heavy atom. The zero-order chi connectivity index (χ0) is 21.3. The molecule has 0 aliphatic rings. The Balaban J connectivity index is 1.53. The van der Waals surface area contributed by atoms with Gasteiger partial charge in [0.2, 0.25) is 0 Å². The molecule has 0 saturated heterocycles. The molecule has 0 radical (unpaired) electrons. The van der Waals surface area contributed by atoms with E-state index in [9.17, 15) is 4.79 Å². The molecule has 0 saturated carbocycles. The molecule has 4 rings (SSSR count). The highest BCUT2D eigenvalue weighted by Gasteiger charge is 2.15. The lowest BCUT2D eigenvalue weighted by Gasteiger charge is -2.18. The van der Waals surface area contributed by atoms with Crippen LogP contribution in [0.15, 0.2) is 55.1 Å². The first-order valence-corrected chi connectivity index (χ1v) is 9.48. The zero-order valence-electron chi connectivity index (χ0n) is 17.0. The molecule has 0 aliphatic carbocycles. The number of rotatable bonds is 4. The predicted molar refractivity (Wildman–Crippen MR) is 114 cm³/mol. The molecule has 0 bridgehead atoms. The van der Waals surface area contributed by atoms with Crippen LogP contribution in [0.4, 0.5) is 5.82 Å². The third-order valence-electron chi connectivity index (χ3n) is 4.70. The van der Waals surface area contributed by atoms with Crippen molar-refractivity contribution in [2.75, 3.05) is 5.32 Å². The minimum absolute atomic E-state index is 0.0337. The number of benzene rings is 1. The fourth-order valence-corrected chi connectivity index (χ4v) is 3.03. The van der Waals surface area contributed by atoms with Crippen LogP contribution in [0, 0.1) is 6.57 Å². The smallest absolute Gasteiger partial charge is 0.257 e. The average molecular weight is 399 g/mol. The Hall–Kier alpha value is -3.99. The number of amides is 1. The summed E-state index contributed by atoms with van der Waals surface area (Å²) in [5.41, 5.74) is 3.06. The number of hydrogen-bond acceptors (Lipinski definition) is 4. The number of carbonyl (C=O) groups is 1. The van der Waals surface area contributed by atoms with Gasteiger partial charge in [0.15, 0.2) is 17.3 Å². The van der Waals surface area contributed by atoms with Gasteiger partial charge < -0.3 is 10.2 Å². The summed E-state index contributed by atoms with van der Waals surface area (Å²) < 4.78 is 3.34. The Morgan fingerprint density at radius 3 is 2.60 bits per heavy atom. The molecule has 1 N–H and O–H groups in total. The minimum atomic E-state index is -0.225. The van der Waals surface area contributed by atoms with E-state index in [0.29, 0.717) is 28.5 Å². The normalized spacial score (nSPS) is 11.4. The molecule has 0 fully saturated rings. The van der Waals surface area contributed by atoms with Gasteiger partial charge in [0.25, 0.3) is 12.5 Å². The molecule has 8 heteroatoms. The molecule has 150 valence electrons. The maximum absolute atomic E-state index is 12.6. The topological polar surface area (TPSA) is 81.5 Å². The summed E-state index contributed by atoms with van der Waals surface area (Å²) in [4.78, 5) is 24.5. The van der Waals surface area contributed by atoms with Gasteiger partial charge in [-0.2, -0.15) is 0 Å². The van der Waals surface area contributed by atoms with E-state index in [1.54, 1.807) is 27.8 Å². The van der Waals surface area contributed by atoms with Gasteiger partial charge in [-0.25, -0.2) is 21.1 Å². The van der Waals surface area contributed by atoms with E-state index in [1.807, 2.05) is 36.4 Å². The summed E-state index contributed by atoms with van der Waals surface area (Å²) in [6.07, 6.45) is 5.06. The third-order valence-corrected chi connectivity index (χ3v) is 4.70. The fourth-order valence-electron chi connectivity index (χ4n) is 3.03. The summed E-state index contributed by atoms with van der Waals surface area (Å²) in [5.74, 6) is 0.834. The molecular weight excluding hydrogens is 378 g/mol. The van der Waals surface area contributed by atoms with E-state index in [0.717, 1.165) is 0 Å². The van der Waals surface area contributed by atoms with Crippen molar-refractivity contribution >= 4 is 17.4 Å². The van der Waals surface area contributed by atoms with E-state index in [4.69, 9.17) is 6.57 Å². The quantitative estimate of drug-likeness (QED) is 0.528. The fraction of sp³-hybridized carbons (Fsp3) is 0.227. The van der Waals surface area contributed by atoms with E-state index in [2.05, 4.69) is 46.0 Å². The van der Waals surface area contributed by atoms with Gasteiger partial charge in [-0.3, -0.25) is 9.36 Å². The molecule has 0 aliphatic heterocycles. The second-order valence-corrected chi connectivity index (χ2v) is 7.99. The number of nitrogens with one attached hydrogen (secondary N) is 1. The van der Waals surface area contributed by atoms with Gasteiger partial charge in [-0.1, -0.05) is 32.9 Å². The summed E-state index contributed by atoms with van der Waals surface area (Å²) in [6, 6.07) is 11.2. The molecular formula is C22H21N7O. The number of imidazole rings is 2. The minimum Gasteiger partial charge on any atom is -0.310 e. The summed E-state index contributed by atoms with van der Waals surface area (Å²) in [6.45, 7) is 13.6. The van der Waals surface area contributed by atoms with E-state index >= 15 is 0 Å². The number of aromatic nitrogens is 5. The van der Waals surface area contributed by atoms with Gasteiger partial charge >= 0.3 is 0 Å². The predicted octanol–water partition coefficient (Wildman–Crippen LogP) is 3.88. The van der Waals surface area contributed by atoms with Crippen LogP contribution < -0.4 is 5.32 Å². The molecule has 0 atom stereocenters. The van der Waals surface area contributed by atoms with Gasteiger partial charge in [-0.15, -0.1) is 5.10 Å². The molecule has 3 heterocycles. The molecule has 1 amide bonds. The van der Waals surface area contributed by atoms with Crippen LogP contribution in [-0.4, -0.2) is 30.1 Å². The first-order valence-electron chi connectivity index (χ1n) is 9.48. The first-order chi connectivity index (χ1) is 14.3. The highest BCUT2D eigenvalue weighted by molar-refractivity contribution is 6.03. The highest BCUT2D eigenvalue weighted by atomic mass is 16.1. The van der Waals surface area contributed by atoms with E-state index < -0.39 is 0 Å². The van der Waals surface area contributed by atoms with Crippen LogP contribution >= 0.6 is 0 Å². The molecule has 3 aromatic heterocycles. The molecule has 1 aromatic carbocycles. The van der Waals surface area contributed by atoms with Gasteiger partial charge in [0.05, 0.1) is 6.20 Å². The van der Waals surface area contributed by atoms with Gasteiger partial charge in [0, 0.05) is 11.8 Å². The van der Waals surface area contributed by atoms with Crippen molar-refractivity contribution in [3.05, 3.63) is 83.4 Å². The van der Waals surface area contributed by atoms with Gasteiger partial charge in [-0.05, 0) is 35.2 Å². The number of carbonyl (C=O) groups excluding carboxylic acids is 1. The van der Waals surface area contributed by atoms with Crippen molar-refractivity contribution in [1.29, 1.82) is 0 Å². The SMILES string of the molecule is [C-]#[N+]Cc1cn(-c2ccc3nc(NC(=O)c4ccc(C(C)(C)C)cc4)cn3n2)cn1. The standard InChI is InChI=1S/C22H21N7O/c1-22(2,3)16-7-5-15(6-8-16)21(30)26-18-13-29-19(25-18)9-10-20(27-29)28-12-17(11-23-4)24-14-28/h5-10,12-14H,11H2,1-3H3,(H,26,30). The highest BCUT2D eigenvalue weighted by Crippen LogP contribution is 2.22. The average Bonchev–Trinajstić information content (AvgIpc) is 3.33. The van der Waals surface area contributed by atoms with E-state index in [-0.39, 0.29) is 17.9 Å². The molecule has 0 unspecified atom stereocenters. The van der Waals surface area contributed by atoms with E-state index in [1.165, 1.54) is 5.56 Å². The van der Waals surface area contributed by atoms with Crippen molar-refractivity contribution in [3.8, 4) is 5.82 Å². The van der Waals surface area contributed by atoms with Crippen LogP contribution in [0.25, 0.3) is 16.3 Å². The number of anilines is 1. The zero-order valence-corrected chi connectivity index (χ0v) is 17.0. The molecule has 8 nitrogen and oxygen atoms in total. The number of nitrogens with zero attached hydrogens (tertiary/aromatic N) is 6. The maximum Gasteiger partial charge on any atom is 0.257 e. The summed E-state index contributed by atoms with van der Waals surface area (Å²) in [5, 5.41) is 7.33. The molecule has 30 heavy (non-hydrogen) atoms. The number of fused-ring (bicyclic) bond motifs is 1. The van der Waals surface area contributed by atoms with Crippen LogP contribution in [0.3, 0.4) is 0 Å².